The van der Waals surface area contributed by atoms with Crippen LogP contribution in [0.5, 0.6) is 0 Å². The molecule has 1 aromatic rings. The lowest BCUT2D eigenvalue weighted by molar-refractivity contribution is 0.112. The van der Waals surface area contributed by atoms with Crippen LogP contribution < -0.4 is 4.90 Å². The lowest BCUT2D eigenvalue weighted by Crippen LogP contribution is -2.22. The molecule has 2 fully saturated rings. The fourth-order valence-corrected chi connectivity index (χ4v) is 2.47. The van der Waals surface area contributed by atoms with Crippen LogP contribution in [0, 0.1) is 11.8 Å². The third-order valence-corrected chi connectivity index (χ3v) is 3.38. The van der Waals surface area contributed by atoms with Crippen LogP contribution in [0.2, 0.25) is 0 Å². The van der Waals surface area contributed by atoms with Crippen LogP contribution in [0.3, 0.4) is 0 Å². The molecule has 2 heteroatoms. The van der Waals surface area contributed by atoms with Gasteiger partial charge in [-0.05, 0) is 30.4 Å². The Balaban J connectivity index is 1.91. The zero-order chi connectivity index (χ0) is 9.54. The molecule has 2 atom stereocenters. The van der Waals surface area contributed by atoms with Gasteiger partial charge in [0.25, 0.3) is 0 Å². The quantitative estimate of drug-likeness (QED) is 0.660. The molecule has 0 amide bonds. The number of hydrogen-bond donors (Lipinski definition) is 0. The third kappa shape index (κ3) is 1.14. The van der Waals surface area contributed by atoms with Gasteiger partial charge in [-0.25, -0.2) is 0 Å². The van der Waals surface area contributed by atoms with Gasteiger partial charge < -0.3 is 4.90 Å². The highest BCUT2D eigenvalue weighted by atomic mass is 16.1. The molecule has 2 aliphatic rings. The van der Waals surface area contributed by atoms with E-state index in [-0.39, 0.29) is 0 Å². The van der Waals surface area contributed by atoms with Crippen LogP contribution in [0.15, 0.2) is 24.3 Å². The third-order valence-electron chi connectivity index (χ3n) is 3.38. The molecule has 1 aromatic carbocycles. The number of fused-ring (bicyclic) bond motifs is 1. The number of benzene rings is 1. The SMILES string of the molecule is O=Cc1ccccc1N1CC2CC2C1. The molecule has 2 unspecified atom stereocenters. The number of piperidine rings is 1. The number of hydrogen-bond acceptors (Lipinski definition) is 2. The Labute approximate surface area is 83.5 Å². The summed E-state index contributed by atoms with van der Waals surface area (Å²) in [5.41, 5.74) is 1.95. The first-order valence-electron chi connectivity index (χ1n) is 5.17. The van der Waals surface area contributed by atoms with E-state index in [1.165, 1.54) is 6.42 Å². The van der Waals surface area contributed by atoms with Crippen LogP contribution in [-0.2, 0) is 0 Å². The molecular weight excluding hydrogens is 174 g/mol. The fraction of sp³-hybridized carbons (Fsp3) is 0.417. The topological polar surface area (TPSA) is 20.3 Å². The molecule has 0 bridgehead atoms. The van der Waals surface area contributed by atoms with Crippen LogP contribution >= 0.6 is 0 Å². The Morgan fingerprint density at radius 3 is 2.64 bits per heavy atom. The van der Waals surface area contributed by atoms with E-state index in [2.05, 4.69) is 11.0 Å². The van der Waals surface area contributed by atoms with E-state index in [1.807, 2.05) is 18.2 Å². The maximum atomic E-state index is 10.9. The maximum Gasteiger partial charge on any atom is 0.152 e. The molecule has 1 saturated carbocycles. The van der Waals surface area contributed by atoms with E-state index >= 15 is 0 Å². The molecule has 0 spiro atoms. The van der Waals surface area contributed by atoms with Crippen molar-refractivity contribution in [3.63, 3.8) is 0 Å². The largest absolute Gasteiger partial charge is 0.370 e. The number of rotatable bonds is 2. The van der Waals surface area contributed by atoms with E-state index in [9.17, 15) is 4.79 Å². The van der Waals surface area contributed by atoms with Gasteiger partial charge in [-0.2, -0.15) is 0 Å². The fourth-order valence-electron chi connectivity index (χ4n) is 2.47. The van der Waals surface area contributed by atoms with Gasteiger partial charge in [-0.1, -0.05) is 12.1 Å². The summed E-state index contributed by atoms with van der Waals surface area (Å²) in [6, 6.07) is 7.87. The number of carbonyl (C=O) groups excluding carboxylic acids is 1. The van der Waals surface area contributed by atoms with Crippen LogP contribution in [0.1, 0.15) is 16.8 Å². The first kappa shape index (κ1) is 8.04. The van der Waals surface area contributed by atoms with Crippen molar-refractivity contribution in [3.05, 3.63) is 29.8 Å². The van der Waals surface area contributed by atoms with Crippen molar-refractivity contribution in [1.82, 2.24) is 0 Å². The average Bonchev–Trinajstić information content (AvgIpc) is 2.86. The van der Waals surface area contributed by atoms with Crippen molar-refractivity contribution in [1.29, 1.82) is 0 Å². The lowest BCUT2D eigenvalue weighted by Gasteiger charge is -2.21. The summed E-state index contributed by atoms with van der Waals surface area (Å²) in [7, 11) is 0. The van der Waals surface area contributed by atoms with Gasteiger partial charge in [0.05, 0.1) is 0 Å². The smallest absolute Gasteiger partial charge is 0.152 e. The molecular formula is C12H13NO. The van der Waals surface area contributed by atoms with E-state index in [0.29, 0.717) is 0 Å². The maximum absolute atomic E-state index is 10.9. The second-order valence-corrected chi connectivity index (χ2v) is 4.34. The Kier molecular flexibility index (Phi) is 1.63. The van der Waals surface area contributed by atoms with Crippen LogP contribution in [0.4, 0.5) is 5.69 Å². The lowest BCUT2D eigenvalue weighted by atomic mass is 10.2. The van der Waals surface area contributed by atoms with Crippen molar-refractivity contribution in [3.8, 4) is 0 Å². The van der Waals surface area contributed by atoms with Gasteiger partial charge in [-0.3, -0.25) is 4.79 Å². The molecule has 0 aromatic heterocycles. The minimum Gasteiger partial charge on any atom is -0.370 e. The van der Waals surface area contributed by atoms with Gasteiger partial charge >= 0.3 is 0 Å². The molecule has 72 valence electrons. The average molecular weight is 187 g/mol. The highest BCUT2D eigenvalue weighted by molar-refractivity contribution is 5.84. The van der Waals surface area contributed by atoms with Crippen molar-refractivity contribution >= 4 is 12.0 Å². The monoisotopic (exact) mass is 187 g/mol. The summed E-state index contributed by atoms with van der Waals surface area (Å²) >= 11 is 0. The van der Waals surface area contributed by atoms with Gasteiger partial charge in [0.15, 0.2) is 6.29 Å². The van der Waals surface area contributed by atoms with Crippen molar-refractivity contribution in [2.45, 2.75) is 6.42 Å². The van der Waals surface area contributed by atoms with Crippen molar-refractivity contribution in [2.75, 3.05) is 18.0 Å². The van der Waals surface area contributed by atoms with E-state index in [4.69, 9.17) is 0 Å². The van der Waals surface area contributed by atoms with Gasteiger partial charge in [0.2, 0.25) is 0 Å². The minimum absolute atomic E-state index is 0.828. The summed E-state index contributed by atoms with van der Waals surface area (Å²) in [4.78, 5) is 13.2. The van der Waals surface area contributed by atoms with Gasteiger partial charge in [-0.15, -0.1) is 0 Å². The number of nitrogens with zero attached hydrogens (tertiary/aromatic N) is 1. The van der Waals surface area contributed by atoms with Crippen molar-refractivity contribution in [2.24, 2.45) is 11.8 Å². The van der Waals surface area contributed by atoms with Crippen molar-refractivity contribution < 1.29 is 4.79 Å². The zero-order valence-corrected chi connectivity index (χ0v) is 8.02. The highest BCUT2D eigenvalue weighted by Gasteiger charge is 2.45. The molecule has 0 N–H and O–H groups in total. The van der Waals surface area contributed by atoms with E-state index < -0.39 is 0 Å². The summed E-state index contributed by atoms with van der Waals surface area (Å²) < 4.78 is 0. The molecule has 1 aliphatic heterocycles. The second-order valence-electron chi connectivity index (χ2n) is 4.34. The van der Waals surface area contributed by atoms with Gasteiger partial charge in [0.1, 0.15) is 0 Å². The van der Waals surface area contributed by atoms with Crippen LogP contribution in [-0.4, -0.2) is 19.4 Å². The first-order valence-corrected chi connectivity index (χ1v) is 5.17. The summed E-state index contributed by atoms with van der Waals surface area (Å²) in [6.45, 7) is 2.30. The zero-order valence-electron chi connectivity index (χ0n) is 8.02. The molecule has 1 saturated heterocycles. The Hall–Kier alpha value is -1.31. The molecule has 1 aliphatic carbocycles. The Morgan fingerprint density at radius 2 is 1.93 bits per heavy atom. The minimum atomic E-state index is 0.828. The predicted molar refractivity (Wildman–Crippen MR) is 55.6 cm³/mol. The second kappa shape index (κ2) is 2.84. The molecule has 2 nitrogen and oxygen atoms in total. The number of anilines is 1. The summed E-state index contributed by atoms with van der Waals surface area (Å²) in [6.07, 6.45) is 2.36. The normalized spacial score (nSPS) is 28.7. The molecule has 0 radical (unpaired) electrons. The summed E-state index contributed by atoms with van der Waals surface area (Å²) in [5.74, 6) is 1.82. The molecule has 14 heavy (non-hydrogen) atoms. The van der Waals surface area contributed by atoms with Gasteiger partial charge in [0, 0.05) is 24.3 Å². The number of aldehydes is 1. The number of para-hydroxylation sites is 1. The molecule has 1 heterocycles. The Morgan fingerprint density at radius 1 is 1.21 bits per heavy atom. The predicted octanol–water partition coefficient (Wildman–Crippen LogP) is 1.96. The van der Waals surface area contributed by atoms with E-state index in [0.717, 1.165) is 42.5 Å². The number of carbonyl (C=O) groups is 1. The molecule has 3 rings (SSSR count). The first-order chi connectivity index (χ1) is 6.88. The van der Waals surface area contributed by atoms with Crippen LogP contribution in [0.25, 0.3) is 0 Å². The Bertz CT molecular complexity index is 364. The summed E-state index contributed by atoms with van der Waals surface area (Å²) in [5, 5.41) is 0. The standard InChI is InChI=1S/C12H13NO/c14-8-9-3-1-2-4-12(9)13-6-10-5-11(10)7-13/h1-4,8,10-11H,5-7H2. The highest BCUT2D eigenvalue weighted by Crippen LogP contribution is 2.46. The van der Waals surface area contributed by atoms with E-state index in [1.54, 1.807) is 0 Å².